The number of hydrogen-bond acceptors (Lipinski definition) is 9. The zero-order chi connectivity index (χ0) is 28.6. The van der Waals surface area contributed by atoms with E-state index in [-0.39, 0.29) is 37.8 Å². The number of hydrogen-bond donors (Lipinski definition) is 0. The first-order chi connectivity index (χ1) is 18.4. The zero-order valence-electron chi connectivity index (χ0n) is 22.6. The van der Waals surface area contributed by atoms with Crippen LogP contribution < -0.4 is 13.7 Å². The molecule has 0 bridgehead atoms. The lowest BCUT2D eigenvalue weighted by Crippen LogP contribution is -2.39. The number of carbonyl (C=O) groups excluding carboxylic acids is 2. The molecule has 0 aliphatic carbocycles. The molecular weight excluding hydrogens is 526 g/mol. The molecule has 0 N–H and O–H groups in total. The fraction of sp³-hybridized carbons (Fsp3) is 0.357. The van der Waals surface area contributed by atoms with Gasteiger partial charge in [0, 0.05) is 6.54 Å². The number of rotatable bonds is 13. The van der Waals surface area contributed by atoms with Crippen LogP contribution in [-0.4, -0.2) is 50.8 Å². The van der Waals surface area contributed by atoms with E-state index in [9.17, 15) is 18.0 Å². The van der Waals surface area contributed by atoms with E-state index in [1.54, 1.807) is 74.4 Å². The monoisotopic (exact) mass is 559 g/mol. The number of amides is 1. The van der Waals surface area contributed by atoms with Crippen LogP contribution in [0.4, 0.5) is 0 Å². The Morgan fingerprint density at radius 2 is 1.67 bits per heavy atom. The maximum absolute atomic E-state index is 13.4. The summed E-state index contributed by atoms with van der Waals surface area (Å²) in [5.41, 5.74) is 0.228. The van der Waals surface area contributed by atoms with Gasteiger partial charge in [0.15, 0.2) is 17.1 Å². The first kappa shape index (κ1) is 29.6. The summed E-state index contributed by atoms with van der Waals surface area (Å²) in [7, 11) is -2.15. The highest BCUT2D eigenvalue weighted by atomic mass is 32.2. The van der Waals surface area contributed by atoms with Gasteiger partial charge in [-0.15, -0.1) is 0 Å². The molecule has 2 aromatic carbocycles. The Hall–Kier alpha value is -3.99. The predicted molar refractivity (Wildman–Crippen MR) is 143 cm³/mol. The summed E-state index contributed by atoms with van der Waals surface area (Å²) < 4.78 is 49.5. The second-order valence-corrected chi connectivity index (χ2v) is 10.8. The van der Waals surface area contributed by atoms with Crippen molar-refractivity contribution in [2.75, 3.05) is 20.0 Å². The minimum atomic E-state index is -3.64. The van der Waals surface area contributed by atoms with Gasteiger partial charge in [-0.3, -0.25) is 4.79 Å². The summed E-state index contributed by atoms with van der Waals surface area (Å²) in [6.45, 7) is 5.66. The van der Waals surface area contributed by atoms with Crippen LogP contribution >= 0.6 is 0 Å². The van der Waals surface area contributed by atoms with E-state index >= 15 is 0 Å². The Labute approximate surface area is 228 Å². The van der Waals surface area contributed by atoms with Crippen molar-refractivity contribution in [1.29, 1.82) is 0 Å². The molecule has 0 radical (unpaired) electrons. The lowest BCUT2D eigenvalue weighted by molar-refractivity contribution is -0.158. The average Bonchev–Trinajstić information content (AvgIpc) is 3.38. The number of carbonyl (C=O) groups is 2. The van der Waals surface area contributed by atoms with Gasteiger partial charge in [-0.2, -0.15) is 8.42 Å². The molecular formula is C28H33NO9S. The van der Waals surface area contributed by atoms with E-state index in [1.807, 2.05) is 0 Å². The molecule has 11 heteroatoms. The van der Waals surface area contributed by atoms with Crippen LogP contribution in [0, 0.1) is 0 Å². The summed E-state index contributed by atoms with van der Waals surface area (Å²) >= 11 is 0. The molecule has 0 aliphatic rings. The molecule has 0 saturated carbocycles. The molecule has 0 atom stereocenters. The minimum Gasteiger partial charge on any atom is -0.493 e. The van der Waals surface area contributed by atoms with Crippen LogP contribution in [0.15, 0.2) is 65.3 Å². The van der Waals surface area contributed by atoms with Crippen molar-refractivity contribution >= 4 is 22.0 Å². The fourth-order valence-electron chi connectivity index (χ4n) is 3.68. The first-order valence-corrected chi connectivity index (χ1v) is 14.0. The molecule has 1 amide bonds. The quantitative estimate of drug-likeness (QED) is 0.225. The van der Waals surface area contributed by atoms with Crippen LogP contribution in [0.25, 0.3) is 0 Å². The maximum atomic E-state index is 13.4. The Kier molecular flexibility index (Phi) is 9.63. The number of esters is 1. The number of furan rings is 1. The minimum absolute atomic E-state index is 0.0753. The average molecular weight is 560 g/mol. The van der Waals surface area contributed by atoms with Crippen molar-refractivity contribution in [1.82, 2.24) is 4.90 Å². The lowest BCUT2D eigenvalue weighted by Gasteiger charge is -2.26. The lowest BCUT2D eigenvalue weighted by atomic mass is 10.1. The van der Waals surface area contributed by atoms with Crippen LogP contribution in [-0.2, 0) is 44.0 Å². The standard InChI is InChI=1S/C28H33NO9S/c1-6-35-27(31)28(2,3)37-24-14-11-21(16-25(24)34-4)18-29(19-23-8-7-15-36-23)26(30)17-20-9-12-22(13-10-20)38-39(5,32)33/h7-16H,6,17-19H2,1-5H3. The number of benzene rings is 2. The predicted octanol–water partition coefficient (Wildman–Crippen LogP) is 4.12. The van der Waals surface area contributed by atoms with E-state index in [1.165, 1.54) is 19.2 Å². The van der Waals surface area contributed by atoms with Gasteiger partial charge in [0.1, 0.15) is 11.5 Å². The van der Waals surface area contributed by atoms with Crippen LogP contribution in [0.3, 0.4) is 0 Å². The Balaban J connectivity index is 1.78. The fourth-order valence-corrected chi connectivity index (χ4v) is 4.14. The van der Waals surface area contributed by atoms with Gasteiger partial charge in [0.2, 0.25) is 5.91 Å². The van der Waals surface area contributed by atoms with Gasteiger partial charge >= 0.3 is 16.1 Å². The second-order valence-electron chi connectivity index (χ2n) is 9.26. The highest BCUT2D eigenvalue weighted by Gasteiger charge is 2.32. The molecule has 0 saturated heterocycles. The number of nitrogens with zero attached hydrogens (tertiary/aromatic N) is 1. The van der Waals surface area contributed by atoms with Gasteiger partial charge in [-0.1, -0.05) is 18.2 Å². The molecule has 210 valence electrons. The summed E-state index contributed by atoms with van der Waals surface area (Å²) in [5, 5.41) is 0. The van der Waals surface area contributed by atoms with Gasteiger partial charge in [0.05, 0.1) is 39.2 Å². The Morgan fingerprint density at radius 1 is 0.974 bits per heavy atom. The smallest absolute Gasteiger partial charge is 0.349 e. The molecule has 39 heavy (non-hydrogen) atoms. The molecule has 0 aliphatic heterocycles. The molecule has 3 rings (SSSR count). The van der Waals surface area contributed by atoms with Gasteiger partial charge in [0.25, 0.3) is 0 Å². The molecule has 0 fully saturated rings. The van der Waals surface area contributed by atoms with Crippen molar-refractivity contribution in [2.45, 2.75) is 45.9 Å². The van der Waals surface area contributed by atoms with Crippen molar-refractivity contribution in [3.8, 4) is 17.2 Å². The van der Waals surface area contributed by atoms with Crippen molar-refractivity contribution in [3.63, 3.8) is 0 Å². The van der Waals surface area contributed by atoms with E-state index < -0.39 is 21.7 Å². The van der Waals surface area contributed by atoms with E-state index in [2.05, 4.69) is 0 Å². The molecule has 3 aromatic rings. The van der Waals surface area contributed by atoms with Gasteiger partial charge in [-0.05, 0) is 68.3 Å². The van der Waals surface area contributed by atoms with Gasteiger partial charge < -0.3 is 27.7 Å². The summed E-state index contributed by atoms with van der Waals surface area (Å²) in [5.74, 6) is 0.870. The molecule has 10 nitrogen and oxygen atoms in total. The number of ether oxygens (including phenoxy) is 3. The highest BCUT2D eigenvalue weighted by Crippen LogP contribution is 2.32. The van der Waals surface area contributed by atoms with Crippen LogP contribution in [0.2, 0.25) is 0 Å². The molecule has 1 aromatic heterocycles. The third-order valence-corrected chi connectivity index (χ3v) is 6.03. The summed E-state index contributed by atoms with van der Waals surface area (Å²) in [4.78, 5) is 27.3. The first-order valence-electron chi connectivity index (χ1n) is 12.2. The van der Waals surface area contributed by atoms with Crippen molar-refractivity contribution in [2.24, 2.45) is 0 Å². The Morgan fingerprint density at radius 3 is 2.26 bits per heavy atom. The largest absolute Gasteiger partial charge is 0.493 e. The van der Waals surface area contributed by atoms with E-state index in [0.29, 0.717) is 22.8 Å². The molecule has 1 heterocycles. The third-order valence-electron chi connectivity index (χ3n) is 5.54. The normalized spacial score (nSPS) is 11.5. The van der Waals surface area contributed by atoms with E-state index in [0.717, 1.165) is 11.8 Å². The van der Waals surface area contributed by atoms with Crippen LogP contribution in [0.1, 0.15) is 37.7 Å². The topological polar surface area (TPSA) is 122 Å². The summed E-state index contributed by atoms with van der Waals surface area (Å²) in [6.07, 6.45) is 2.58. The maximum Gasteiger partial charge on any atom is 0.349 e. The van der Waals surface area contributed by atoms with Crippen molar-refractivity contribution in [3.05, 3.63) is 77.7 Å². The third kappa shape index (κ3) is 8.78. The molecule has 0 unspecified atom stereocenters. The van der Waals surface area contributed by atoms with Crippen molar-refractivity contribution < 1.29 is 40.8 Å². The molecule has 0 spiro atoms. The zero-order valence-corrected chi connectivity index (χ0v) is 23.4. The second kappa shape index (κ2) is 12.7. The number of methoxy groups -OCH3 is 1. The highest BCUT2D eigenvalue weighted by molar-refractivity contribution is 7.86. The SMILES string of the molecule is CCOC(=O)C(C)(C)Oc1ccc(CN(Cc2ccco2)C(=O)Cc2ccc(OS(C)(=O)=O)cc2)cc1OC. The summed E-state index contributed by atoms with van der Waals surface area (Å²) in [6, 6.07) is 15.0. The Bertz CT molecular complexity index is 1360. The van der Waals surface area contributed by atoms with Gasteiger partial charge in [-0.25, -0.2) is 4.79 Å². The van der Waals surface area contributed by atoms with E-state index in [4.69, 9.17) is 22.8 Å². The van der Waals surface area contributed by atoms with Crippen LogP contribution in [0.5, 0.6) is 17.2 Å².